The minimum absolute atomic E-state index is 0.0297. The molecule has 0 radical (unpaired) electrons. The smallest absolute Gasteiger partial charge is 0.303 e. The van der Waals surface area contributed by atoms with E-state index in [1.165, 1.54) is 0 Å². The topological polar surface area (TPSA) is 96.2 Å². The van der Waals surface area contributed by atoms with Crippen molar-refractivity contribution in [2.75, 3.05) is 13.7 Å². The molecule has 0 unspecified atom stereocenters. The van der Waals surface area contributed by atoms with Gasteiger partial charge in [-0.25, -0.2) is 0 Å². The molecule has 6 heteroatoms. The number of rotatable bonds is 7. The van der Waals surface area contributed by atoms with Gasteiger partial charge in [0.25, 0.3) is 0 Å². The first-order valence-electron chi connectivity index (χ1n) is 9.98. The number of carbonyl (C=O) groups is 1. The number of hydrogen-bond acceptors (Lipinski definition) is 5. The summed E-state index contributed by atoms with van der Waals surface area (Å²) in [5.74, 6) is 5.46. The van der Waals surface area contributed by atoms with Gasteiger partial charge in [0.05, 0.1) is 17.6 Å². The number of fused-ring (bicyclic) bond motifs is 1. The molecule has 2 saturated carbocycles. The molecule has 0 aromatic heterocycles. The number of allylic oxidation sites excluding steroid dienone is 1. The van der Waals surface area contributed by atoms with Gasteiger partial charge in [-0.15, -0.1) is 0 Å². The van der Waals surface area contributed by atoms with Gasteiger partial charge < -0.3 is 24.8 Å². The van der Waals surface area contributed by atoms with Gasteiger partial charge in [0, 0.05) is 19.4 Å². The summed E-state index contributed by atoms with van der Waals surface area (Å²) in [6.07, 6.45) is 2.96. The fourth-order valence-electron chi connectivity index (χ4n) is 4.39. The first-order valence-corrected chi connectivity index (χ1v) is 9.98. The normalized spacial score (nSPS) is 30.4. The summed E-state index contributed by atoms with van der Waals surface area (Å²) in [5.41, 5.74) is 0.612. The lowest BCUT2D eigenvalue weighted by Crippen LogP contribution is -2.59. The summed E-state index contributed by atoms with van der Waals surface area (Å²) in [5, 5.41) is 29.5. The number of aliphatic carboxylic acids is 1. The lowest BCUT2D eigenvalue weighted by molar-refractivity contribution is -0.139. The monoisotopic (exact) mass is 400 g/mol. The molecule has 1 aromatic carbocycles. The molecule has 3 rings (SSSR count). The van der Waals surface area contributed by atoms with Crippen LogP contribution in [0.15, 0.2) is 42.0 Å². The summed E-state index contributed by atoms with van der Waals surface area (Å²) >= 11 is 0. The number of benzene rings is 1. The number of ether oxygens (including phenoxy) is 2. The van der Waals surface area contributed by atoms with Crippen molar-refractivity contribution >= 4 is 5.97 Å². The zero-order chi connectivity index (χ0) is 20.9. The van der Waals surface area contributed by atoms with Crippen LogP contribution in [-0.4, -0.2) is 52.8 Å². The molecule has 1 aromatic rings. The zero-order valence-corrected chi connectivity index (χ0v) is 16.6. The van der Waals surface area contributed by atoms with Crippen molar-refractivity contribution in [1.82, 2.24) is 0 Å². The van der Waals surface area contributed by atoms with Gasteiger partial charge >= 0.3 is 5.97 Å². The Balaban J connectivity index is 1.64. The van der Waals surface area contributed by atoms with Gasteiger partial charge in [-0.1, -0.05) is 36.1 Å². The van der Waals surface area contributed by atoms with Crippen molar-refractivity contribution < 1.29 is 29.6 Å². The van der Waals surface area contributed by atoms with Crippen LogP contribution in [0.3, 0.4) is 0 Å². The van der Waals surface area contributed by atoms with Crippen molar-refractivity contribution in [3.05, 3.63) is 42.0 Å². The Labute approximate surface area is 171 Å². The van der Waals surface area contributed by atoms with Gasteiger partial charge in [-0.05, 0) is 43.4 Å². The standard InChI is InChI=1S/C23H28O6/c1-28-23-13-12-21(25)19(20(23)14-16(23)6-5-9-22(26)27)11-10-17(24)15-29-18-7-3-2-4-8-18/h2-4,6-8,17,19-21,24-25H,5,9,12-15H2,1H3,(H,26,27)/t17-,19+,20+,21+,23-/m1/s1. The highest BCUT2D eigenvalue weighted by Crippen LogP contribution is 2.56. The van der Waals surface area contributed by atoms with Crippen LogP contribution in [0, 0.1) is 23.7 Å². The lowest BCUT2D eigenvalue weighted by Gasteiger charge is -2.57. The molecule has 2 fully saturated rings. The van der Waals surface area contributed by atoms with E-state index >= 15 is 0 Å². The molecule has 0 heterocycles. The quantitative estimate of drug-likeness (QED) is 0.480. The summed E-state index contributed by atoms with van der Waals surface area (Å²) in [6, 6.07) is 9.22. The fraction of sp³-hybridized carbons (Fsp3) is 0.522. The molecule has 0 amide bonds. The highest BCUT2D eigenvalue weighted by Gasteiger charge is 2.58. The largest absolute Gasteiger partial charge is 0.490 e. The van der Waals surface area contributed by atoms with Crippen molar-refractivity contribution in [3.8, 4) is 17.6 Å². The van der Waals surface area contributed by atoms with Crippen molar-refractivity contribution in [2.24, 2.45) is 11.8 Å². The minimum Gasteiger partial charge on any atom is -0.490 e. The predicted molar refractivity (Wildman–Crippen MR) is 107 cm³/mol. The SMILES string of the molecule is CO[C@@]12CC[C@H](O)[C@@H](C#C[C@@H](O)COc3ccccc3)[C@@H]1CC2=CCCC(=O)O. The third-order valence-electron chi connectivity index (χ3n) is 5.92. The van der Waals surface area contributed by atoms with E-state index in [9.17, 15) is 15.0 Å². The van der Waals surface area contributed by atoms with Gasteiger partial charge in [-0.2, -0.15) is 0 Å². The number of carboxylic acids is 1. The Morgan fingerprint density at radius 2 is 2.14 bits per heavy atom. The van der Waals surface area contributed by atoms with Gasteiger partial charge in [-0.3, -0.25) is 4.79 Å². The average molecular weight is 400 g/mol. The molecule has 0 bridgehead atoms. The van der Waals surface area contributed by atoms with Gasteiger partial charge in [0.2, 0.25) is 0 Å². The van der Waals surface area contributed by atoms with Gasteiger partial charge in [0.1, 0.15) is 18.5 Å². The predicted octanol–water partition coefficient (Wildman–Crippen LogP) is 2.40. The second kappa shape index (κ2) is 9.45. The highest BCUT2D eigenvalue weighted by atomic mass is 16.5. The van der Waals surface area contributed by atoms with Crippen LogP contribution >= 0.6 is 0 Å². The van der Waals surface area contributed by atoms with E-state index in [-0.39, 0.29) is 24.9 Å². The third kappa shape index (κ3) is 4.81. The fourth-order valence-corrected chi connectivity index (χ4v) is 4.39. The van der Waals surface area contributed by atoms with Crippen molar-refractivity contribution in [2.45, 2.75) is 49.9 Å². The van der Waals surface area contributed by atoms with E-state index in [0.29, 0.717) is 25.0 Å². The molecule has 6 nitrogen and oxygen atoms in total. The molecule has 156 valence electrons. The molecule has 0 saturated heterocycles. The van der Waals surface area contributed by atoms with Crippen molar-refractivity contribution in [1.29, 1.82) is 0 Å². The summed E-state index contributed by atoms with van der Waals surface area (Å²) in [4.78, 5) is 10.8. The van der Waals surface area contributed by atoms with E-state index < -0.39 is 23.8 Å². The Bertz CT molecular complexity index is 793. The number of carboxylic acid groups (broad SMARTS) is 1. The van der Waals surface area contributed by atoms with Crippen LogP contribution < -0.4 is 4.74 Å². The Morgan fingerprint density at radius 3 is 2.83 bits per heavy atom. The molecular weight excluding hydrogens is 372 g/mol. The Morgan fingerprint density at radius 1 is 1.38 bits per heavy atom. The van der Waals surface area contributed by atoms with Crippen LogP contribution in [-0.2, 0) is 9.53 Å². The number of hydrogen-bond donors (Lipinski definition) is 3. The summed E-state index contributed by atoms with van der Waals surface area (Å²) in [6.45, 7) is 0.0558. The van der Waals surface area contributed by atoms with Crippen LogP contribution in [0.5, 0.6) is 5.75 Å². The summed E-state index contributed by atoms with van der Waals surface area (Å²) < 4.78 is 11.4. The zero-order valence-electron chi connectivity index (χ0n) is 16.6. The van der Waals surface area contributed by atoms with E-state index in [1.54, 1.807) is 7.11 Å². The molecule has 5 atom stereocenters. The van der Waals surface area contributed by atoms with Crippen molar-refractivity contribution in [3.63, 3.8) is 0 Å². The molecule has 0 spiro atoms. The second-order valence-corrected chi connectivity index (χ2v) is 7.63. The van der Waals surface area contributed by atoms with E-state index in [2.05, 4.69) is 11.8 Å². The number of para-hydroxylation sites is 1. The molecule has 3 N–H and O–H groups in total. The molecule has 29 heavy (non-hydrogen) atoms. The van der Waals surface area contributed by atoms with E-state index in [4.69, 9.17) is 14.6 Å². The Kier molecular flexibility index (Phi) is 6.96. The number of aliphatic hydroxyl groups is 2. The molecule has 2 aliphatic carbocycles. The first kappa shape index (κ1) is 21.4. The first-order chi connectivity index (χ1) is 14.0. The van der Waals surface area contributed by atoms with Crippen LogP contribution in [0.25, 0.3) is 0 Å². The maximum atomic E-state index is 10.8. The second-order valence-electron chi connectivity index (χ2n) is 7.63. The lowest BCUT2D eigenvalue weighted by atomic mass is 9.53. The van der Waals surface area contributed by atoms with Crippen LogP contribution in [0.1, 0.15) is 32.1 Å². The third-order valence-corrected chi connectivity index (χ3v) is 5.92. The number of aliphatic hydroxyl groups excluding tert-OH is 2. The maximum Gasteiger partial charge on any atom is 0.303 e. The van der Waals surface area contributed by atoms with E-state index in [0.717, 1.165) is 12.0 Å². The Hall–Kier alpha value is -2.33. The van der Waals surface area contributed by atoms with Crippen LogP contribution in [0.2, 0.25) is 0 Å². The molecule has 2 aliphatic rings. The molecule has 0 aliphatic heterocycles. The molecular formula is C23H28O6. The highest BCUT2D eigenvalue weighted by molar-refractivity contribution is 5.66. The maximum absolute atomic E-state index is 10.8. The van der Waals surface area contributed by atoms with Gasteiger partial charge in [0.15, 0.2) is 0 Å². The van der Waals surface area contributed by atoms with Crippen LogP contribution in [0.4, 0.5) is 0 Å². The number of methoxy groups -OCH3 is 1. The minimum atomic E-state index is -0.952. The average Bonchev–Trinajstić information content (AvgIpc) is 2.70. The van der Waals surface area contributed by atoms with E-state index in [1.807, 2.05) is 36.4 Å². The summed E-state index contributed by atoms with van der Waals surface area (Å²) in [7, 11) is 1.65.